The maximum absolute atomic E-state index is 14.2. The highest BCUT2D eigenvalue weighted by atomic mass is 35.5. The molecule has 2 bridgehead atoms. The Labute approximate surface area is 480 Å². The number of carbonyl (C=O) groups is 6. The maximum atomic E-state index is 14.2. The number of anilines is 1. The Bertz CT molecular complexity index is 2730. The van der Waals surface area contributed by atoms with Gasteiger partial charge in [0.1, 0.15) is 32.5 Å². The van der Waals surface area contributed by atoms with Crippen LogP contribution in [0.2, 0.25) is 5.02 Å². The third-order valence-electron chi connectivity index (χ3n) is 18.3. The molecule has 1 spiro atoms. The summed E-state index contributed by atoms with van der Waals surface area (Å²) >= 11 is 6.56. The van der Waals surface area contributed by atoms with Crippen LogP contribution in [0.4, 0.5) is 5.69 Å². The fourth-order valence-corrected chi connectivity index (χ4v) is 13.9. The molecule has 440 valence electrons. The number of phenols is 1. The highest BCUT2D eigenvalue weighted by molar-refractivity contribution is 6.31. The lowest BCUT2D eigenvalue weighted by Gasteiger charge is -2.63. The number of aromatic hydroxyl groups is 1. The molecule has 4 heterocycles. The van der Waals surface area contributed by atoms with Crippen LogP contribution in [0.15, 0.2) is 54.6 Å². The number of rotatable bonds is 26. The van der Waals surface area contributed by atoms with E-state index in [4.69, 9.17) is 31.5 Å². The number of likely N-dealkylation sites (N-methyl/N-ethyl adjacent to an activating group) is 1. The molecule has 1 saturated carbocycles. The average molecular weight is 1140 g/mol. The van der Waals surface area contributed by atoms with Crippen molar-refractivity contribution in [1.82, 2.24) is 30.7 Å². The van der Waals surface area contributed by atoms with Gasteiger partial charge in [0, 0.05) is 66.5 Å². The Morgan fingerprint density at radius 2 is 1.46 bits per heavy atom. The highest BCUT2D eigenvalue weighted by Gasteiger charge is 2.72. The zero-order valence-corrected chi connectivity index (χ0v) is 48.0. The minimum absolute atomic E-state index is 0.0392. The molecule has 81 heavy (non-hydrogen) atoms. The topological polar surface area (TPSA) is 246 Å². The summed E-state index contributed by atoms with van der Waals surface area (Å²) in [4.78, 5) is 85.1. The van der Waals surface area contributed by atoms with Crippen LogP contribution >= 0.6 is 11.6 Å². The first-order chi connectivity index (χ1) is 39.0. The molecule has 1 unspecified atom stereocenters. The lowest BCUT2D eigenvalue weighted by atomic mass is 9.48. The molecule has 3 saturated heterocycles. The van der Waals surface area contributed by atoms with E-state index >= 15 is 0 Å². The Morgan fingerprint density at radius 1 is 0.790 bits per heavy atom. The average Bonchev–Trinajstić information content (AvgIpc) is 1.76. The van der Waals surface area contributed by atoms with E-state index in [0.717, 1.165) is 106 Å². The van der Waals surface area contributed by atoms with E-state index in [1.807, 2.05) is 55.3 Å². The van der Waals surface area contributed by atoms with Gasteiger partial charge in [-0.25, -0.2) is 0 Å². The Balaban J connectivity index is 0.589. The number of unbranched alkanes of at least 4 members (excludes halogenated alkanes) is 4. The maximum Gasteiger partial charge on any atom is 0.248 e. The second-order valence-corrected chi connectivity index (χ2v) is 23.9. The molecular weight excluding hydrogens is 1060 g/mol. The predicted octanol–water partition coefficient (Wildman–Crippen LogP) is 4.55. The summed E-state index contributed by atoms with van der Waals surface area (Å²) in [7, 11) is 2.04. The molecule has 3 aromatic carbocycles. The van der Waals surface area contributed by atoms with Gasteiger partial charge in [-0.2, -0.15) is 0 Å². The van der Waals surface area contributed by atoms with Crippen LogP contribution < -0.4 is 31.3 Å². The van der Waals surface area contributed by atoms with Gasteiger partial charge in [-0.05, 0) is 170 Å². The molecule has 9 rings (SSSR count). The number of hydrogen-bond acceptors (Lipinski definition) is 13. The number of primary amides is 1. The van der Waals surface area contributed by atoms with Gasteiger partial charge in [-0.15, -0.1) is 0 Å². The second kappa shape index (κ2) is 27.0. The summed E-state index contributed by atoms with van der Waals surface area (Å²) < 4.78 is 17.5. The van der Waals surface area contributed by atoms with Gasteiger partial charge < -0.3 is 65.7 Å². The zero-order chi connectivity index (χ0) is 57.3. The summed E-state index contributed by atoms with van der Waals surface area (Å²) in [5.41, 5.74) is 9.02. The Hall–Kier alpha value is -5.83. The highest BCUT2D eigenvalue weighted by Crippen LogP contribution is 2.65. The van der Waals surface area contributed by atoms with E-state index < -0.39 is 29.1 Å². The molecule has 5 atom stereocenters. The fraction of sp³-hybridized carbons (Fsp3) is 0.607. The number of amides is 6. The first kappa shape index (κ1) is 59.8. The summed E-state index contributed by atoms with van der Waals surface area (Å²) in [5.74, 6) is -0.775. The van der Waals surface area contributed by atoms with Crippen LogP contribution in [0.1, 0.15) is 116 Å². The molecule has 0 radical (unpaired) electrons. The monoisotopic (exact) mass is 1140 g/mol. The smallest absolute Gasteiger partial charge is 0.248 e. The number of hydrogen-bond donors (Lipinski definition) is 6. The molecule has 4 fully saturated rings. The summed E-state index contributed by atoms with van der Waals surface area (Å²) in [6, 6.07) is 16.4. The number of nitrogens with one attached hydrogen (secondary N) is 3. The van der Waals surface area contributed by atoms with E-state index in [1.54, 1.807) is 23.1 Å². The van der Waals surface area contributed by atoms with E-state index in [0.29, 0.717) is 93.5 Å². The van der Waals surface area contributed by atoms with E-state index in [2.05, 4.69) is 25.8 Å². The van der Waals surface area contributed by atoms with Gasteiger partial charge in [0.25, 0.3) is 0 Å². The molecule has 6 aliphatic rings. The van der Waals surface area contributed by atoms with Gasteiger partial charge in [-0.1, -0.05) is 55.1 Å². The number of aliphatic hydroxyl groups is 1. The Kier molecular flexibility index (Phi) is 20.0. The molecule has 20 heteroatoms. The third-order valence-corrected chi connectivity index (χ3v) is 18.7. The first-order valence-corrected chi connectivity index (χ1v) is 29.8. The van der Waals surface area contributed by atoms with Crippen molar-refractivity contribution in [3.63, 3.8) is 0 Å². The standard InChI is InChI=1S/C61H83ClN8O11/c1-40-9-15-46(35-47(40)62)70(27-8-26-68-28-18-42(19-29-68)33-41-10-12-43(13-11-41)58(63)76)59(77)44-20-30-69(31-21-44)54(75)39-80-37-52(73)65-25-7-5-3-4-6-24-64-51(72)36-79-38-53(74)66-48-17-22-61(78)50-34-45-14-16-49(71)56-55(45)60(61,57(48)81-56)23-32-67(50)2/h9-16,35,42,44,48,50,57,71,78H,3-8,17-34,36-39H2,1-2H3,(H2,63,76)(H,64,72)(H,65,73)(H,66,74)/t48-,50?,57-,60-,61+/m0/s1. The van der Waals surface area contributed by atoms with Crippen molar-refractivity contribution >= 4 is 52.7 Å². The number of carbonyl (C=O) groups excluding carboxylic acids is 6. The molecule has 7 N–H and O–H groups in total. The predicted molar refractivity (Wildman–Crippen MR) is 306 cm³/mol. The number of halogens is 1. The minimum Gasteiger partial charge on any atom is -0.504 e. The molecular formula is C61H83ClN8O11. The number of aryl methyl sites for hydroxylation is 1. The number of ether oxygens (including phenoxy) is 3. The SMILES string of the molecule is Cc1ccc(N(CCCN2CCC(Cc3ccc(C(N)=O)cc3)CC2)C(=O)C2CCN(C(=O)COCC(=O)NCCCCCCCNC(=O)COCC(=O)N[C@H]3CC[C@@]4(O)C5Cc6ccc(O)c7c6[C@@]4(CCN5C)[C@H]3O7)CC2)cc1Cl. The van der Waals surface area contributed by atoms with Gasteiger partial charge >= 0.3 is 0 Å². The van der Waals surface area contributed by atoms with E-state index in [1.165, 1.54) is 5.56 Å². The van der Waals surface area contributed by atoms with Crippen LogP contribution in [0.25, 0.3) is 0 Å². The molecule has 4 aliphatic heterocycles. The van der Waals surface area contributed by atoms with E-state index in [9.17, 15) is 39.0 Å². The van der Waals surface area contributed by atoms with Crippen LogP contribution in [0, 0.1) is 18.8 Å². The van der Waals surface area contributed by atoms with Crippen LogP contribution in [-0.4, -0.2) is 177 Å². The number of nitrogens with zero attached hydrogens (tertiary/aromatic N) is 4. The minimum atomic E-state index is -1.05. The molecule has 6 amide bonds. The number of phenolic OH excluding ortho intramolecular Hbond substituents is 1. The van der Waals surface area contributed by atoms with Crippen LogP contribution in [-0.2, 0) is 51.7 Å². The van der Waals surface area contributed by atoms with Gasteiger partial charge in [0.05, 0.1) is 17.1 Å². The van der Waals surface area contributed by atoms with Crippen molar-refractivity contribution in [2.45, 2.75) is 132 Å². The normalized spacial score (nSPS) is 23.5. The number of benzene rings is 3. The molecule has 3 aromatic rings. The molecule has 2 aliphatic carbocycles. The van der Waals surface area contributed by atoms with Crippen molar-refractivity contribution in [3.05, 3.63) is 87.4 Å². The van der Waals surface area contributed by atoms with Crippen LogP contribution in [0.5, 0.6) is 11.5 Å². The number of likely N-dealkylation sites (tertiary alicyclic amines) is 3. The van der Waals surface area contributed by atoms with Crippen molar-refractivity contribution in [2.24, 2.45) is 17.6 Å². The number of nitrogens with two attached hydrogens (primary N) is 1. The lowest BCUT2D eigenvalue weighted by molar-refractivity contribution is -0.187. The second-order valence-electron chi connectivity index (χ2n) is 23.5. The lowest BCUT2D eigenvalue weighted by Crippen LogP contribution is -2.77. The van der Waals surface area contributed by atoms with Crippen LogP contribution in [0.3, 0.4) is 0 Å². The molecule has 0 aromatic heterocycles. The third kappa shape index (κ3) is 13.8. The van der Waals surface area contributed by atoms with Crippen molar-refractivity contribution < 1.29 is 53.2 Å². The van der Waals surface area contributed by atoms with Crippen molar-refractivity contribution in [2.75, 3.05) is 97.3 Å². The van der Waals surface area contributed by atoms with Gasteiger partial charge in [-0.3, -0.25) is 28.8 Å². The summed E-state index contributed by atoms with van der Waals surface area (Å²) in [6.45, 7) is 6.94. The Morgan fingerprint density at radius 3 is 2.14 bits per heavy atom. The zero-order valence-electron chi connectivity index (χ0n) is 47.2. The molecule has 19 nitrogen and oxygen atoms in total. The van der Waals surface area contributed by atoms with E-state index in [-0.39, 0.29) is 73.7 Å². The van der Waals surface area contributed by atoms with Gasteiger partial charge in [0.15, 0.2) is 11.5 Å². The van der Waals surface area contributed by atoms with Gasteiger partial charge in [0.2, 0.25) is 35.4 Å². The summed E-state index contributed by atoms with van der Waals surface area (Å²) in [5, 5.41) is 32.5. The van der Waals surface area contributed by atoms with Crippen molar-refractivity contribution in [1.29, 1.82) is 0 Å². The first-order valence-electron chi connectivity index (χ1n) is 29.4. The largest absolute Gasteiger partial charge is 0.504 e. The fourth-order valence-electron chi connectivity index (χ4n) is 13.8. The summed E-state index contributed by atoms with van der Waals surface area (Å²) in [6.07, 6.45) is 11.0. The quantitative estimate of drug-likeness (QED) is 0.0605. The van der Waals surface area contributed by atoms with Crippen molar-refractivity contribution in [3.8, 4) is 11.5 Å². The number of piperidine rings is 3.